The molecule has 0 heterocycles. The number of rotatable bonds is 5. The van der Waals surface area contributed by atoms with Crippen LogP contribution in [0.1, 0.15) is 6.92 Å². The lowest BCUT2D eigenvalue weighted by atomic mass is 10.2. The van der Waals surface area contributed by atoms with Gasteiger partial charge in [0, 0.05) is 12.5 Å². The zero-order valence-corrected chi connectivity index (χ0v) is 8.89. The Balaban J connectivity index is 2.54. The van der Waals surface area contributed by atoms with Crippen LogP contribution >= 0.6 is 0 Å². The second-order valence-corrected chi connectivity index (χ2v) is 3.53. The lowest BCUT2D eigenvalue weighted by molar-refractivity contribution is 0.244. The van der Waals surface area contributed by atoms with Crippen LogP contribution in [0.25, 0.3) is 0 Å². The van der Waals surface area contributed by atoms with Crippen molar-refractivity contribution in [3.63, 3.8) is 0 Å². The first-order chi connectivity index (χ1) is 7.15. The minimum absolute atomic E-state index is 0.0297. The van der Waals surface area contributed by atoms with Gasteiger partial charge in [-0.15, -0.1) is 0 Å². The largest absolute Gasteiger partial charge is 0.490 e. The molecule has 0 spiro atoms. The van der Waals surface area contributed by atoms with Gasteiger partial charge >= 0.3 is 0 Å². The molecule has 0 amide bonds. The van der Waals surface area contributed by atoms with Gasteiger partial charge in [-0.2, -0.15) is 4.39 Å². The summed E-state index contributed by atoms with van der Waals surface area (Å²) < 4.78 is 31.1. The fraction of sp³-hybridized carbons (Fsp3) is 0.455. The average molecular weight is 215 g/mol. The van der Waals surface area contributed by atoms with Gasteiger partial charge in [0.2, 0.25) is 5.82 Å². The fourth-order valence-electron chi connectivity index (χ4n) is 1.23. The molecule has 1 N–H and O–H groups in total. The minimum Gasteiger partial charge on any atom is -0.490 e. The van der Waals surface area contributed by atoms with Gasteiger partial charge in [0.25, 0.3) is 0 Å². The third kappa shape index (κ3) is 3.47. The molecule has 1 atom stereocenters. The number of hydrogen-bond donors (Lipinski definition) is 1. The Hall–Kier alpha value is -1.16. The molecule has 0 aliphatic rings. The lowest BCUT2D eigenvalue weighted by Gasteiger charge is -2.12. The molecule has 0 radical (unpaired) electrons. The summed E-state index contributed by atoms with van der Waals surface area (Å²) in [6.45, 7) is 3.10. The fourth-order valence-corrected chi connectivity index (χ4v) is 1.23. The van der Waals surface area contributed by atoms with Crippen LogP contribution in [0.4, 0.5) is 8.78 Å². The highest BCUT2D eigenvalue weighted by Crippen LogP contribution is 2.19. The molecule has 15 heavy (non-hydrogen) atoms. The summed E-state index contributed by atoms with van der Waals surface area (Å²) in [5.74, 6) is -1.58. The molecule has 4 heteroatoms. The van der Waals surface area contributed by atoms with E-state index in [1.165, 1.54) is 12.1 Å². The Morgan fingerprint density at radius 3 is 2.80 bits per heavy atom. The van der Waals surface area contributed by atoms with Crippen molar-refractivity contribution in [2.45, 2.75) is 6.92 Å². The first-order valence-electron chi connectivity index (χ1n) is 4.86. The van der Waals surface area contributed by atoms with Crippen LogP contribution in [0.2, 0.25) is 0 Å². The summed E-state index contributed by atoms with van der Waals surface area (Å²) in [5.41, 5.74) is 0. The van der Waals surface area contributed by atoms with E-state index in [-0.39, 0.29) is 11.7 Å². The van der Waals surface area contributed by atoms with Crippen LogP contribution in [0.15, 0.2) is 18.2 Å². The number of nitrogens with one attached hydrogen (secondary N) is 1. The molecule has 1 unspecified atom stereocenters. The topological polar surface area (TPSA) is 21.3 Å². The molecule has 0 aliphatic carbocycles. The number of ether oxygens (including phenoxy) is 1. The summed E-state index contributed by atoms with van der Waals surface area (Å²) in [6.07, 6.45) is 0. The molecule has 1 rings (SSSR count). The molecule has 1 aromatic carbocycles. The molecule has 0 aromatic heterocycles. The van der Waals surface area contributed by atoms with E-state index in [9.17, 15) is 8.78 Å². The highest BCUT2D eigenvalue weighted by molar-refractivity contribution is 5.24. The third-order valence-corrected chi connectivity index (χ3v) is 1.99. The van der Waals surface area contributed by atoms with Crippen molar-refractivity contribution >= 4 is 0 Å². The van der Waals surface area contributed by atoms with E-state index < -0.39 is 11.6 Å². The quantitative estimate of drug-likeness (QED) is 0.813. The molecule has 0 bridgehead atoms. The van der Waals surface area contributed by atoms with Gasteiger partial charge in [-0.25, -0.2) is 4.39 Å². The number of halogens is 2. The molecule has 1 aromatic rings. The Labute approximate surface area is 88.3 Å². The molecule has 0 saturated carbocycles. The van der Waals surface area contributed by atoms with Crippen molar-refractivity contribution < 1.29 is 13.5 Å². The van der Waals surface area contributed by atoms with Gasteiger partial charge in [0.1, 0.15) is 0 Å². The van der Waals surface area contributed by atoms with Crippen LogP contribution in [0.5, 0.6) is 5.75 Å². The Morgan fingerprint density at radius 2 is 2.13 bits per heavy atom. The predicted octanol–water partition coefficient (Wildman–Crippen LogP) is 2.20. The zero-order chi connectivity index (χ0) is 11.3. The van der Waals surface area contributed by atoms with E-state index in [2.05, 4.69) is 5.32 Å². The molecular weight excluding hydrogens is 200 g/mol. The van der Waals surface area contributed by atoms with Gasteiger partial charge in [-0.1, -0.05) is 13.0 Å². The van der Waals surface area contributed by atoms with Gasteiger partial charge in [-0.3, -0.25) is 0 Å². The van der Waals surface area contributed by atoms with Crippen molar-refractivity contribution in [1.29, 1.82) is 0 Å². The molecule has 0 aliphatic heterocycles. The van der Waals surface area contributed by atoms with E-state index in [1.807, 2.05) is 14.0 Å². The molecule has 0 saturated heterocycles. The van der Waals surface area contributed by atoms with Crippen LogP contribution in [-0.4, -0.2) is 20.2 Å². The van der Waals surface area contributed by atoms with Crippen molar-refractivity contribution in [3.05, 3.63) is 29.8 Å². The van der Waals surface area contributed by atoms with Crippen LogP contribution in [0.3, 0.4) is 0 Å². The standard InChI is InChI=1S/C11H15F2NO/c1-8(6-14-2)7-15-10-5-3-4-9(12)11(10)13/h3-5,8,14H,6-7H2,1-2H3. The van der Waals surface area contributed by atoms with Crippen molar-refractivity contribution in [2.75, 3.05) is 20.2 Å². The molecule has 2 nitrogen and oxygen atoms in total. The predicted molar refractivity (Wildman–Crippen MR) is 54.9 cm³/mol. The highest BCUT2D eigenvalue weighted by atomic mass is 19.2. The van der Waals surface area contributed by atoms with Gasteiger partial charge in [0.05, 0.1) is 6.61 Å². The van der Waals surface area contributed by atoms with Crippen molar-refractivity contribution in [2.24, 2.45) is 5.92 Å². The third-order valence-electron chi connectivity index (χ3n) is 1.99. The SMILES string of the molecule is CNCC(C)COc1cccc(F)c1F. The Kier molecular flexibility index (Phi) is 4.49. The highest BCUT2D eigenvalue weighted by Gasteiger charge is 2.09. The van der Waals surface area contributed by atoms with Gasteiger partial charge < -0.3 is 10.1 Å². The van der Waals surface area contributed by atoms with E-state index in [0.29, 0.717) is 6.61 Å². The normalized spacial score (nSPS) is 12.5. The Morgan fingerprint density at radius 1 is 1.40 bits per heavy atom. The summed E-state index contributed by atoms with van der Waals surface area (Å²) in [6, 6.07) is 3.92. The molecular formula is C11H15F2NO. The summed E-state index contributed by atoms with van der Waals surface area (Å²) in [5, 5.41) is 2.98. The molecule has 0 fully saturated rings. The van der Waals surface area contributed by atoms with Crippen molar-refractivity contribution in [1.82, 2.24) is 5.32 Å². The minimum atomic E-state index is -0.922. The molecule has 84 valence electrons. The smallest absolute Gasteiger partial charge is 0.200 e. The number of hydrogen-bond acceptors (Lipinski definition) is 2. The Bertz CT molecular complexity index is 317. The first kappa shape index (κ1) is 11.9. The second kappa shape index (κ2) is 5.66. The maximum Gasteiger partial charge on any atom is 0.200 e. The summed E-state index contributed by atoms with van der Waals surface area (Å²) in [7, 11) is 1.83. The second-order valence-electron chi connectivity index (χ2n) is 3.53. The lowest BCUT2D eigenvalue weighted by Crippen LogP contribution is -2.21. The maximum atomic E-state index is 13.1. The average Bonchev–Trinajstić information content (AvgIpc) is 2.21. The van der Waals surface area contributed by atoms with E-state index in [0.717, 1.165) is 12.6 Å². The van der Waals surface area contributed by atoms with Crippen LogP contribution < -0.4 is 10.1 Å². The van der Waals surface area contributed by atoms with Crippen LogP contribution in [0, 0.1) is 17.6 Å². The summed E-state index contributed by atoms with van der Waals surface area (Å²) in [4.78, 5) is 0. The van der Waals surface area contributed by atoms with E-state index in [1.54, 1.807) is 0 Å². The van der Waals surface area contributed by atoms with Gasteiger partial charge in [0.15, 0.2) is 11.6 Å². The first-order valence-corrected chi connectivity index (χ1v) is 4.86. The summed E-state index contributed by atoms with van der Waals surface area (Å²) >= 11 is 0. The maximum absolute atomic E-state index is 13.1. The van der Waals surface area contributed by atoms with Crippen molar-refractivity contribution in [3.8, 4) is 5.75 Å². The number of benzene rings is 1. The van der Waals surface area contributed by atoms with E-state index >= 15 is 0 Å². The monoisotopic (exact) mass is 215 g/mol. The van der Waals surface area contributed by atoms with Crippen LogP contribution in [-0.2, 0) is 0 Å². The van der Waals surface area contributed by atoms with E-state index in [4.69, 9.17) is 4.74 Å². The van der Waals surface area contributed by atoms with Gasteiger partial charge in [-0.05, 0) is 19.2 Å². The zero-order valence-electron chi connectivity index (χ0n) is 8.89.